The number of hydrogen-bond acceptors (Lipinski definition) is 17. The topological polar surface area (TPSA) is 219 Å². The Morgan fingerprint density at radius 3 is 0.890 bits per heavy atom. The Balaban J connectivity index is 0.000000137. The molecule has 448 valence electrons. The average Bonchev–Trinajstić information content (AvgIpc) is 3.81. The summed E-state index contributed by atoms with van der Waals surface area (Å²) in [6.45, 7) is 13.6. The molecule has 0 bridgehead atoms. The van der Waals surface area contributed by atoms with E-state index < -0.39 is 0 Å². The van der Waals surface area contributed by atoms with Crippen LogP contribution in [0.15, 0.2) is 282 Å². The lowest BCUT2D eigenvalue weighted by atomic mass is 10.1. The third kappa shape index (κ3) is 22.3. The van der Waals surface area contributed by atoms with Crippen LogP contribution in [0.25, 0.3) is 78.5 Å². The van der Waals surface area contributed by atoms with Crippen LogP contribution in [0.5, 0.6) is 0 Å². The third-order valence-electron chi connectivity index (χ3n) is 12.8. The van der Waals surface area contributed by atoms with Gasteiger partial charge in [-0.3, -0.25) is 44.9 Å². The van der Waals surface area contributed by atoms with Crippen LogP contribution >= 0.6 is 0 Å². The lowest BCUT2D eigenvalue weighted by molar-refractivity contribution is 1.05. The second-order valence-corrected chi connectivity index (χ2v) is 20.0. The van der Waals surface area contributed by atoms with Gasteiger partial charge in [0.05, 0.1) is 28.5 Å². The molecule has 0 saturated heterocycles. The molecule has 91 heavy (non-hydrogen) atoms. The summed E-state index contributed by atoms with van der Waals surface area (Å²) in [5.41, 5.74) is 17.7. The molecule has 0 fully saturated rings. The maximum atomic E-state index is 4.32. The van der Waals surface area contributed by atoms with E-state index in [-0.39, 0.29) is 0 Å². The molecule has 0 amide bonds. The van der Waals surface area contributed by atoms with Crippen LogP contribution in [0, 0.1) is 48.5 Å². The Morgan fingerprint density at radius 1 is 0.165 bits per heavy atom. The van der Waals surface area contributed by atoms with Gasteiger partial charge in [0, 0.05) is 169 Å². The molecular formula is C74H67N17. The predicted octanol–water partition coefficient (Wildman–Crippen LogP) is 15.3. The molecule has 13 heterocycles. The van der Waals surface area contributed by atoms with E-state index in [1.54, 1.807) is 80.6 Å². The molecule has 0 spiro atoms. The van der Waals surface area contributed by atoms with Crippen molar-refractivity contribution in [3.63, 3.8) is 0 Å². The molecule has 17 heteroatoms. The summed E-state index contributed by atoms with van der Waals surface area (Å²) in [4.78, 5) is 70.3. The quantitative estimate of drug-likeness (QED) is 0.145. The van der Waals surface area contributed by atoms with E-state index in [9.17, 15) is 0 Å². The van der Waals surface area contributed by atoms with Gasteiger partial charge in [-0.05, 0) is 161 Å². The molecule has 13 aromatic heterocycles. The molecule has 0 aliphatic heterocycles. The summed E-state index contributed by atoms with van der Waals surface area (Å²) in [6.07, 6.45) is 37.8. The Labute approximate surface area is 530 Å². The normalized spacial score (nSPS) is 9.92. The molecule has 14 aromatic rings. The Bertz CT molecular complexity index is 3450. The molecule has 0 aliphatic carbocycles. The van der Waals surface area contributed by atoms with Crippen LogP contribution in [0.2, 0.25) is 0 Å². The van der Waals surface area contributed by atoms with Gasteiger partial charge in [-0.1, -0.05) is 66.7 Å². The van der Waals surface area contributed by atoms with Gasteiger partial charge in [-0.2, -0.15) is 0 Å². The smallest absolute Gasteiger partial charge is 0.125 e. The van der Waals surface area contributed by atoms with Crippen LogP contribution in [0.4, 0.5) is 0 Å². The molecule has 0 unspecified atom stereocenters. The molecule has 1 aromatic carbocycles. The Morgan fingerprint density at radius 2 is 0.495 bits per heavy atom. The standard InChI is InChI=1S/4C11H10N2.3C10H9N3/c1-9-2-3-11(13-8-9)10-4-6-12-7-5-10;1-9-4-5-11(13-7-9)10-3-2-6-12-8-10;1-9-5-6-11(13-8-9)10-4-2-3-7-12-10;1-9-12-7-11(8-13-9)10-5-3-2-4-6-10;1-8-12-6-10(7-13-8)9-2-4-11-5-3-9;1-8-12-6-10(7-13-8)9-3-2-4-11-5-9;1-8-12-6-9(7-13-8)10-4-2-3-5-11-10/h4*2-8H,1H3;3*2-7H,1H3. The zero-order valence-electron chi connectivity index (χ0n) is 51.7. The van der Waals surface area contributed by atoms with E-state index >= 15 is 0 Å². The molecular weight excluding hydrogens is 1130 g/mol. The zero-order valence-corrected chi connectivity index (χ0v) is 51.7. The van der Waals surface area contributed by atoms with Crippen molar-refractivity contribution in [1.29, 1.82) is 0 Å². The highest BCUT2D eigenvalue weighted by Gasteiger charge is 2.03. The third-order valence-corrected chi connectivity index (χ3v) is 12.8. The summed E-state index contributed by atoms with van der Waals surface area (Å²) >= 11 is 0. The first kappa shape index (κ1) is 64.9. The first-order valence-electron chi connectivity index (χ1n) is 29.0. The van der Waals surface area contributed by atoms with Crippen molar-refractivity contribution in [2.75, 3.05) is 0 Å². The van der Waals surface area contributed by atoms with E-state index in [0.717, 1.165) is 102 Å². The minimum Gasteiger partial charge on any atom is -0.265 e. The fourth-order valence-corrected chi connectivity index (χ4v) is 7.84. The van der Waals surface area contributed by atoms with Crippen molar-refractivity contribution in [1.82, 2.24) is 84.7 Å². The largest absolute Gasteiger partial charge is 0.265 e. The summed E-state index contributed by atoms with van der Waals surface area (Å²) in [7, 11) is 0. The van der Waals surface area contributed by atoms with Gasteiger partial charge in [0.25, 0.3) is 0 Å². The van der Waals surface area contributed by atoms with Gasteiger partial charge in [0.1, 0.15) is 23.3 Å². The molecule has 0 aliphatic rings. The van der Waals surface area contributed by atoms with E-state index in [4.69, 9.17) is 0 Å². The first-order valence-corrected chi connectivity index (χ1v) is 29.0. The van der Waals surface area contributed by atoms with Gasteiger partial charge < -0.3 is 0 Å². The number of aromatic nitrogens is 17. The summed E-state index contributed by atoms with van der Waals surface area (Å²) in [6, 6.07) is 49.5. The van der Waals surface area contributed by atoms with E-state index in [0.29, 0.717) is 0 Å². The second-order valence-electron chi connectivity index (χ2n) is 20.0. The van der Waals surface area contributed by atoms with Gasteiger partial charge in [0.2, 0.25) is 0 Å². The number of nitrogens with zero attached hydrogens (tertiary/aromatic N) is 17. The highest BCUT2D eigenvalue weighted by Crippen LogP contribution is 2.20. The minimum atomic E-state index is 0.777. The zero-order chi connectivity index (χ0) is 63.7. The van der Waals surface area contributed by atoms with Crippen LogP contribution < -0.4 is 0 Å². The number of rotatable bonds is 7. The number of benzene rings is 1. The molecule has 0 radical (unpaired) electrons. The summed E-state index contributed by atoms with van der Waals surface area (Å²) < 4.78 is 0. The van der Waals surface area contributed by atoms with Crippen LogP contribution in [-0.2, 0) is 0 Å². The van der Waals surface area contributed by atoms with Crippen molar-refractivity contribution in [2.24, 2.45) is 0 Å². The summed E-state index contributed by atoms with van der Waals surface area (Å²) in [5, 5.41) is 0. The second kappa shape index (κ2) is 35.5. The Kier molecular flexibility index (Phi) is 25.3. The van der Waals surface area contributed by atoms with E-state index in [1.165, 1.54) is 16.7 Å². The van der Waals surface area contributed by atoms with Crippen LogP contribution in [-0.4, -0.2) is 84.7 Å². The van der Waals surface area contributed by atoms with Crippen LogP contribution in [0.3, 0.4) is 0 Å². The van der Waals surface area contributed by atoms with Crippen molar-refractivity contribution >= 4 is 0 Å². The maximum absolute atomic E-state index is 4.32. The van der Waals surface area contributed by atoms with Crippen molar-refractivity contribution < 1.29 is 0 Å². The van der Waals surface area contributed by atoms with Gasteiger partial charge in [0.15, 0.2) is 0 Å². The van der Waals surface area contributed by atoms with Gasteiger partial charge >= 0.3 is 0 Å². The first-order chi connectivity index (χ1) is 44.5. The number of hydrogen-bond donors (Lipinski definition) is 0. The SMILES string of the molecule is Cc1ccc(-c2ccccn2)nc1.Cc1ccc(-c2cccnc2)nc1.Cc1ccc(-c2ccncc2)nc1.Cc1ncc(-c2ccccc2)cn1.Cc1ncc(-c2ccccn2)cn1.Cc1ncc(-c2cccnc2)cn1.Cc1ncc(-c2ccncc2)cn1. The van der Waals surface area contributed by atoms with E-state index in [2.05, 4.69) is 96.9 Å². The number of aryl methyl sites for hydroxylation is 7. The lowest BCUT2D eigenvalue weighted by Crippen LogP contribution is -1.88. The van der Waals surface area contributed by atoms with Crippen LogP contribution in [0.1, 0.15) is 40.0 Å². The van der Waals surface area contributed by atoms with E-state index in [1.807, 2.05) is 238 Å². The van der Waals surface area contributed by atoms with Gasteiger partial charge in [-0.15, -0.1) is 0 Å². The molecule has 0 saturated carbocycles. The maximum Gasteiger partial charge on any atom is 0.125 e. The van der Waals surface area contributed by atoms with Crippen molar-refractivity contribution in [2.45, 2.75) is 48.5 Å². The fourth-order valence-electron chi connectivity index (χ4n) is 7.84. The molecule has 14 rings (SSSR count). The molecule has 17 nitrogen and oxygen atoms in total. The highest BCUT2D eigenvalue weighted by molar-refractivity contribution is 5.63. The molecule has 0 atom stereocenters. The lowest BCUT2D eigenvalue weighted by Gasteiger charge is -1.99. The molecule has 0 N–H and O–H groups in total. The minimum absolute atomic E-state index is 0.777. The monoisotopic (exact) mass is 1190 g/mol. The van der Waals surface area contributed by atoms with Crippen molar-refractivity contribution in [3.05, 3.63) is 322 Å². The number of pyridine rings is 9. The average molecular weight is 1190 g/mol. The fraction of sp³-hybridized carbons (Fsp3) is 0.0946. The summed E-state index contributed by atoms with van der Waals surface area (Å²) in [5.74, 6) is 3.16. The van der Waals surface area contributed by atoms with Crippen molar-refractivity contribution in [3.8, 4) is 78.5 Å². The highest BCUT2D eigenvalue weighted by atomic mass is 14.9. The Hall–Kier alpha value is -12.1. The van der Waals surface area contributed by atoms with Gasteiger partial charge in [-0.25, -0.2) is 39.9 Å². The predicted molar refractivity (Wildman–Crippen MR) is 359 cm³/mol.